The van der Waals surface area contributed by atoms with Gasteiger partial charge in [-0.05, 0) is 34.9 Å². The van der Waals surface area contributed by atoms with Gasteiger partial charge in [0.05, 0.1) is 17.5 Å². The Morgan fingerprint density at radius 2 is 1.72 bits per heavy atom. The van der Waals surface area contributed by atoms with E-state index in [9.17, 15) is 4.79 Å². The van der Waals surface area contributed by atoms with Crippen LogP contribution >= 0.6 is 0 Å². The molecule has 1 saturated heterocycles. The second-order valence-corrected chi connectivity index (χ2v) is 7.61. The number of aromatic amines is 1. The van der Waals surface area contributed by atoms with Gasteiger partial charge in [0.25, 0.3) is 0 Å². The maximum atomic E-state index is 13.0. The van der Waals surface area contributed by atoms with Gasteiger partial charge in [0.15, 0.2) is 0 Å². The van der Waals surface area contributed by atoms with Crippen molar-refractivity contribution in [2.75, 3.05) is 31.1 Å². The molecule has 0 spiro atoms. The molecule has 1 aliphatic rings. The Kier molecular flexibility index (Phi) is 4.64. The van der Waals surface area contributed by atoms with E-state index in [0.29, 0.717) is 6.42 Å². The van der Waals surface area contributed by atoms with E-state index in [1.165, 1.54) is 10.8 Å². The number of carbonyl (C=O) groups excluding carboxylic acids is 1. The number of fused-ring (bicyclic) bond motifs is 2. The highest BCUT2D eigenvalue weighted by Crippen LogP contribution is 2.21. The molecule has 4 aromatic rings. The van der Waals surface area contributed by atoms with Crippen LogP contribution in [0, 0.1) is 0 Å². The zero-order valence-corrected chi connectivity index (χ0v) is 16.3. The van der Waals surface area contributed by atoms with Gasteiger partial charge in [-0.2, -0.15) is 0 Å². The number of para-hydroxylation sites is 2. The number of aromatic nitrogens is 2. The number of amides is 1. The molecule has 146 valence electrons. The Morgan fingerprint density at radius 3 is 2.66 bits per heavy atom. The molecular formula is C24H24N4O. The van der Waals surface area contributed by atoms with Crippen molar-refractivity contribution < 1.29 is 4.79 Å². The smallest absolute Gasteiger partial charge is 0.227 e. The fourth-order valence-electron chi connectivity index (χ4n) is 4.19. The van der Waals surface area contributed by atoms with Gasteiger partial charge >= 0.3 is 0 Å². The fraction of sp³-hybridized carbons (Fsp3) is 0.250. The van der Waals surface area contributed by atoms with E-state index in [1.54, 1.807) is 0 Å². The van der Waals surface area contributed by atoms with Gasteiger partial charge in [-0.15, -0.1) is 0 Å². The van der Waals surface area contributed by atoms with Gasteiger partial charge in [0.1, 0.15) is 0 Å². The Balaban J connectivity index is 1.29. The molecule has 0 bridgehead atoms. The van der Waals surface area contributed by atoms with Gasteiger partial charge < -0.3 is 14.8 Å². The Morgan fingerprint density at radius 1 is 0.897 bits per heavy atom. The number of H-pyrrole nitrogens is 1. The number of imidazole rings is 1. The summed E-state index contributed by atoms with van der Waals surface area (Å²) in [7, 11) is 0. The maximum Gasteiger partial charge on any atom is 0.227 e. The minimum absolute atomic E-state index is 0.202. The van der Waals surface area contributed by atoms with Gasteiger partial charge in [-0.25, -0.2) is 4.98 Å². The maximum absolute atomic E-state index is 13.0. The quantitative estimate of drug-likeness (QED) is 0.581. The topological polar surface area (TPSA) is 52.2 Å². The van der Waals surface area contributed by atoms with Crippen LogP contribution in [0.4, 0.5) is 5.95 Å². The van der Waals surface area contributed by atoms with Gasteiger partial charge in [0.2, 0.25) is 11.9 Å². The lowest BCUT2D eigenvalue weighted by Crippen LogP contribution is -2.36. The summed E-state index contributed by atoms with van der Waals surface area (Å²) in [6, 6.07) is 22.6. The van der Waals surface area contributed by atoms with E-state index >= 15 is 0 Å². The molecule has 0 aliphatic carbocycles. The van der Waals surface area contributed by atoms with E-state index in [4.69, 9.17) is 4.98 Å². The van der Waals surface area contributed by atoms with Crippen LogP contribution in [0.2, 0.25) is 0 Å². The van der Waals surface area contributed by atoms with Crippen LogP contribution in [-0.2, 0) is 11.2 Å². The molecular weight excluding hydrogens is 360 g/mol. The average Bonchev–Trinajstić information content (AvgIpc) is 3.03. The van der Waals surface area contributed by atoms with Crippen molar-refractivity contribution in [3.63, 3.8) is 0 Å². The van der Waals surface area contributed by atoms with Crippen LogP contribution in [0.1, 0.15) is 12.0 Å². The molecule has 0 radical (unpaired) electrons. The number of hydrogen-bond acceptors (Lipinski definition) is 3. The molecule has 3 aromatic carbocycles. The summed E-state index contributed by atoms with van der Waals surface area (Å²) in [6.07, 6.45) is 1.39. The number of benzene rings is 3. The molecule has 29 heavy (non-hydrogen) atoms. The van der Waals surface area contributed by atoms with Crippen molar-refractivity contribution in [1.29, 1.82) is 0 Å². The average molecular weight is 384 g/mol. The number of rotatable bonds is 3. The monoisotopic (exact) mass is 384 g/mol. The minimum atomic E-state index is 0.202. The Hall–Kier alpha value is -3.34. The minimum Gasteiger partial charge on any atom is -0.341 e. The lowest BCUT2D eigenvalue weighted by molar-refractivity contribution is -0.130. The van der Waals surface area contributed by atoms with E-state index in [0.717, 1.165) is 55.1 Å². The second kappa shape index (κ2) is 7.59. The first-order valence-corrected chi connectivity index (χ1v) is 10.2. The van der Waals surface area contributed by atoms with Gasteiger partial charge in [0, 0.05) is 26.2 Å². The number of nitrogens with one attached hydrogen (secondary N) is 1. The number of carbonyl (C=O) groups is 1. The lowest BCUT2D eigenvalue weighted by Gasteiger charge is -2.22. The second-order valence-electron chi connectivity index (χ2n) is 7.61. The van der Waals surface area contributed by atoms with Crippen LogP contribution in [-0.4, -0.2) is 47.0 Å². The van der Waals surface area contributed by atoms with Crippen LogP contribution in [0.25, 0.3) is 21.8 Å². The number of anilines is 1. The SMILES string of the molecule is O=C(Cc1cccc2ccccc12)N1CCCN(c2nc3ccccc3[nH]2)CC1. The zero-order chi connectivity index (χ0) is 19.6. The van der Waals surface area contributed by atoms with Crippen LogP contribution in [0.15, 0.2) is 66.7 Å². The highest BCUT2D eigenvalue weighted by Gasteiger charge is 2.21. The Labute approximate surface area is 170 Å². The van der Waals surface area contributed by atoms with E-state index in [-0.39, 0.29) is 5.91 Å². The van der Waals surface area contributed by atoms with E-state index < -0.39 is 0 Å². The normalized spacial score (nSPS) is 15.0. The summed E-state index contributed by atoms with van der Waals surface area (Å²) in [5.74, 6) is 1.10. The molecule has 1 aromatic heterocycles. The zero-order valence-electron chi connectivity index (χ0n) is 16.3. The molecule has 1 fully saturated rings. The third-order valence-corrected chi connectivity index (χ3v) is 5.75. The molecule has 0 saturated carbocycles. The van der Waals surface area contributed by atoms with Crippen molar-refractivity contribution >= 4 is 33.7 Å². The summed E-state index contributed by atoms with van der Waals surface area (Å²) in [6.45, 7) is 3.21. The van der Waals surface area contributed by atoms with Crippen molar-refractivity contribution in [2.45, 2.75) is 12.8 Å². The first-order valence-electron chi connectivity index (χ1n) is 10.2. The number of hydrogen-bond donors (Lipinski definition) is 1. The van der Waals surface area contributed by atoms with Crippen LogP contribution < -0.4 is 4.90 Å². The number of nitrogens with zero attached hydrogens (tertiary/aromatic N) is 3. The van der Waals surface area contributed by atoms with E-state index in [2.05, 4.69) is 34.1 Å². The molecule has 0 atom stereocenters. The van der Waals surface area contributed by atoms with Crippen molar-refractivity contribution in [1.82, 2.24) is 14.9 Å². The summed E-state index contributed by atoms with van der Waals surface area (Å²) in [5.41, 5.74) is 3.14. The van der Waals surface area contributed by atoms with Crippen molar-refractivity contribution in [3.05, 3.63) is 72.3 Å². The lowest BCUT2D eigenvalue weighted by atomic mass is 10.0. The molecule has 1 N–H and O–H groups in total. The molecule has 5 rings (SSSR count). The van der Waals surface area contributed by atoms with E-state index in [1.807, 2.05) is 47.4 Å². The third-order valence-electron chi connectivity index (χ3n) is 5.75. The highest BCUT2D eigenvalue weighted by atomic mass is 16.2. The van der Waals surface area contributed by atoms with Gasteiger partial charge in [-0.1, -0.05) is 54.6 Å². The highest BCUT2D eigenvalue weighted by molar-refractivity contribution is 5.90. The first-order chi connectivity index (χ1) is 14.3. The van der Waals surface area contributed by atoms with Gasteiger partial charge in [-0.3, -0.25) is 4.79 Å². The molecule has 2 heterocycles. The largest absolute Gasteiger partial charge is 0.341 e. The summed E-state index contributed by atoms with van der Waals surface area (Å²) in [5, 5.41) is 2.35. The van der Waals surface area contributed by atoms with Crippen molar-refractivity contribution in [3.8, 4) is 0 Å². The standard InChI is InChI=1S/C24H24N4O/c29-23(17-19-9-5-8-18-7-1-2-10-20(18)19)27-13-6-14-28(16-15-27)24-25-21-11-3-4-12-22(21)26-24/h1-5,7-12H,6,13-17H2,(H,25,26). The molecule has 5 heteroatoms. The summed E-state index contributed by atoms with van der Waals surface area (Å²) < 4.78 is 0. The first kappa shape index (κ1) is 17.7. The predicted molar refractivity (Wildman–Crippen MR) is 117 cm³/mol. The van der Waals surface area contributed by atoms with Crippen molar-refractivity contribution in [2.24, 2.45) is 0 Å². The predicted octanol–water partition coefficient (Wildman–Crippen LogP) is 4.00. The van der Waals surface area contributed by atoms with Crippen LogP contribution in [0.3, 0.4) is 0 Å². The third kappa shape index (κ3) is 3.56. The summed E-state index contributed by atoms with van der Waals surface area (Å²) in [4.78, 5) is 25.4. The fourth-order valence-corrected chi connectivity index (χ4v) is 4.19. The molecule has 5 nitrogen and oxygen atoms in total. The summed E-state index contributed by atoms with van der Waals surface area (Å²) >= 11 is 0. The molecule has 1 aliphatic heterocycles. The van der Waals surface area contributed by atoms with Crippen LogP contribution in [0.5, 0.6) is 0 Å². The molecule has 0 unspecified atom stereocenters. The Bertz CT molecular complexity index is 1130. The molecule has 1 amide bonds.